The van der Waals surface area contributed by atoms with E-state index in [2.05, 4.69) is 42.8 Å². The van der Waals surface area contributed by atoms with Gasteiger partial charge < -0.3 is 14.7 Å². The Morgan fingerprint density at radius 1 is 0.833 bits per heavy atom. The molecule has 1 aromatic heterocycles. The van der Waals surface area contributed by atoms with Crippen LogP contribution < -0.4 is 4.74 Å². The lowest BCUT2D eigenvalue weighted by Crippen LogP contribution is -2.25. The lowest BCUT2D eigenvalue weighted by molar-refractivity contribution is 0.249. The summed E-state index contributed by atoms with van der Waals surface area (Å²) in [6, 6.07) is 15.6. The van der Waals surface area contributed by atoms with Crippen molar-refractivity contribution in [2.75, 3.05) is 26.2 Å². The van der Waals surface area contributed by atoms with Crippen LogP contribution in [0, 0.1) is 0 Å². The Labute approximate surface area is 180 Å². The molecule has 0 amide bonds. The Morgan fingerprint density at radius 2 is 1.40 bits per heavy atom. The van der Waals surface area contributed by atoms with E-state index in [1.807, 2.05) is 36.7 Å². The molecule has 0 fully saturated rings. The molecule has 3 aromatic rings. The molecule has 0 radical (unpaired) electrons. The highest BCUT2D eigenvalue weighted by atomic mass is 16.5. The molecule has 158 valence electrons. The van der Waals surface area contributed by atoms with Crippen LogP contribution in [0.15, 0.2) is 60.9 Å². The maximum Gasteiger partial charge on any atom is 0.119 e. The van der Waals surface area contributed by atoms with E-state index in [0.29, 0.717) is 0 Å². The first-order valence-corrected chi connectivity index (χ1v) is 10.9. The van der Waals surface area contributed by atoms with E-state index in [1.54, 1.807) is 12.1 Å². The summed E-state index contributed by atoms with van der Waals surface area (Å²) in [4.78, 5) is 6.90. The van der Waals surface area contributed by atoms with Crippen LogP contribution in [0.3, 0.4) is 0 Å². The minimum Gasteiger partial charge on any atom is -0.508 e. The van der Waals surface area contributed by atoms with Crippen molar-refractivity contribution in [1.29, 1.82) is 0 Å². The van der Waals surface area contributed by atoms with Gasteiger partial charge in [0.05, 0.1) is 6.61 Å². The molecule has 0 aliphatic heterocycles. The number of pyridine rings is 1. The van der Waals surface area contributed by atoms with Gasteiger partial charge in [0.1, 0.15) is 11.5 Å². The summed E-state index contributed by atoms with van der Waals surface area (Å²) in [5, 5.41) is 9.59. The highest BCUT2D eigenvalue weighted by Gasteiger charge is 2.11. The van der Waals surface area contributed by atoms with E-state index >= 15 is 0 Å². The van der Waals surface area contributed by atoms with Crippen LogP contribution in [-0.2, 0) is 6.42 Å². The van der Waals surface area contributed by atoms with Crippen LogP contribution in [0.2, 0.25) is 0 Å². The topological polar surface area (TPSA) is 45.6 Å². The van der Waals surface area contributed by atoms with Crippen LogP contribution in [0.5, 0.6) is 11.5 Å². The van der Waals surface area contributed by atoms with Gasteiger partial charge in [-0.2, -0.15) is 0 Å². The van der Waals surface area contributed by atoms with E-state index in [0.717, 1.165) is 67.1 Å². The summed E-state index contributed by atoms with van der Waals surface area (Å²) in [5.41, 5.74) is 5.69. The lowest BCUT2D eigenvalue weighted by atomic mass is 9.93. The number of benzene rings is 2. The highest BCUT2D eigenvalue weighted by molar-refractivity contribution is 5.77. The number of rotatable bonds is 10. The monoisotopic (exact) mass is 404 g/mol. The molecule has 4 nitrogen and oxygen atoms in total. The number of nitrogens with zero attached hydrogens (tertiary/aromatic N) is 2. The van der Waals surface area contributed by atoms with Crippen LogP contribution in [0.25, 0.3) is 22.3 Å². The van der Waals surface area contributed by atoms with Gasteiger partial charge in [-0.15, -0.1) is 0 Å². The molecule has 3 rings (SSSR count). The van der Waals surface area contributed by atoms with E-state index in [1.165, 1.54) is 5.56 Å². The second kappa shape index (κ2) is 10.8. The summed E-state index contributed by atoms with van der Waals surface area (Å²) in [7, 11) is 0. The van der Waals surface area contributed by atoms with Crippen molar-refractivity contribution in [2.45, 2.75) is 33.6 Å². The normalized spacial score (nSPS) is 11.1. The van der Waals surface area contributed by atoms with Gasteiger partial charge in [0.25, 0.3) is 0 Å². The number of aromatic nitrogens is 1. The zero-order valence-corrected chi connectivity index (χ0v) is 18.3. The summed E-state index contributed by atoms with van der Waals surface area (Å²) in [6.07, 6.45) is 5.77. The van der Waals surface area contributed by atoms with E-state index in [4.69, 9.17) is 4.74 Å². The first-order chi connectivity index (χ1) is 14.7. The molecule has 0 saturated carbocycles. The molecule has 0 bridgehead atoms. The molecule has 0 spiro atoms. The predicted octanol–water partition coefficient (Wildman–Crippen LogP) is 5.79. The van der Waals surface area contributed by atoms with Crippen molar-refractivity contribution >= 4 is 0 Å². The van der Waals surface area contributed by atoms with E-state index in [9.17, 15) is 5.11 Å². The van der Waals surface area contributed by atoms with Gasteiger partial charge in [0, 0.05) is 30.1 Å². The third kappa shape index (κ3) is 5.39. The average molecular weight is 405 g/mol. The number of aromatic hydroxyl groups is 1. The minimum atomic E-state index is 0.272. The fourth-order valence-corrected chi connectivity index (χ4v) is 3.76. The molecule has 1 heterocycles. The Morgan fingerprint density at radius 3 is 1.93 bits per heavy atom. The molecule has 4 heteroatoms. The highest BCUT2D eigenvalue weighted by Crippen LogP contribution is 2.33. The maximum absolute atomic E-state index is 9.59. The van der Waals surface area contributed by atoms with Gasteiger partial charge in [0.15, 0.2) is 0 Å². The standard InChI is InChI=1S/C26H32N2O2/c1-4-24-25(20-8-12-22(29)13-9-20)18-27-19-26(24)21-10-14-23(15-11-21)30-17-7-16-28(5-2)6-3/h8-15,18-19,29H,4-7,16-17H2,1-3H3. The van der Waals surface area contributed by atoms with Crippen molar-refractivity contribution < 1.29 is 9.84 Å². The Kier molecular flexibility index (Phi) is 7.86. The van der Waals surface area contributed by atoms with Gasteiger partial charge in [0.2, 0.25) is 0 Å². The molecule has 0 unspecified atom stereocenters. The summed E-state index contributed by atoms with van der Waals surface area (Å²) >= 11 is 0. The average Bonchev–Trinajstić information content (AvgIpc) is 2.79. The molecule has 0 saturated heterocycles. The van der Waals surface area contributed by atoms with Crippen LogP contribution >= 0.6 is 0 Å². The summed E-state index contributed by atoms with van der Waals surface area (Å²) < 4.78 is 5.93. The van der Waals surface area contributed by atoms with Crippen LogP contribution in [0.4, 0.5) is 0 Å². The molecule has 0 aliphatic carbocycles. The first-order valence-electron chi connectivity index (χ1n) is 10.9. The third-order valence-electron chi connectivity index (χ3n) is 5.54. The van der Waals surface area contributed by atoms with Gasteiger partial charge in [-0.05, 0) is 66.9 Å². The molecule has 1 N–H and O–H groups in total. The lowest BCUT2D eigenvalue weighted by Gasteiger charge is -2.17. The zero-order valence-electron chi connectivity index (χ0n) is 18.3. The number of hydrogen-bond acceptors (Lipinski definition) is 4. The zero-order chi connectivity index (χ0) is 21.3. The largest absolute Gasteiger partial charge is 0.508 e. The molecular formula is C26H32N2O2. The van der Waals surface area contributed by atoms with Crippen molar-refractivity contribution in [2.24, 2.45) is 0 Å². The van der Waals surface area contributed by atoms with Crippen molar-refractivity contribution in [3.05, 3.63) is 66.5 Å². The first kappa shape index (κ1) is 21.8. The van der Waals surface area contributed by atoms with Gasteiger partial charge >= 0.3 is 0 Å². The van der Waals surface area contributed by atoms with E-state index in [-0.39, 0.29) is 5.75 Å². The van der Waals surface area contributed by atoms with E-state index < -0.39 is 0 Å². The summed E-state index contributed by atoms with van der Waals surface area (Å²) in [6.45, 7) is 10.5. The Bertz CT molecular complexity index is 917. The molecule has 0 aliphatic rings. The van der Waals surface area contributed by atoms with Crippen LogP contribution in [0.1, 0.15) is 32.8 Å². The van der Waals surface area contributed by atoms with Gasteiger partial charge in [-0.3, -0.25) is 4.98 Å². The van der Waals surface area contributed by atoms with Gasteiger partial charge in [-0.1, -0.05) is 45.0 Å². The maximum atomic E-state index is 9.59. The van der Waals surface area contributed by atoms with Crippen LogP contribution in [-0.4, -0.2) is 41.2 Å². The second-order valence-electron chi connectivity index (χ2n) is 7.37. The quantitative estimate of drug-likeness (QED) is 0.434. The van der Waals surface area contributed by atoms with Gasteiger partial charge in [-0.25, -0.2) is 0 Å². The smallest absolute Gasteiger partial charge is 0.119 e. The number of phenolic OH excluding ortho intramolecular Hbond substituents is 1. The number of ether oxygens (including phenoxy) is 1. The fraction of sp³-hybridized carbons (Fsp3) is 0.346. The third-order valence-corrected chi connectivity index (χ3v) is 5.54. The van der Waals surface area contributed by atoms with Crippen molar-refractivity contribution in [1.82, 2.24) is 9.88 Å². The molecule has 30 heavy (non-hydrogen) atoms. The molecule has 0 atom stereocenters. The number of phenols is 1. The number of hydrogen-bond donors (Lipinski definition) is 1. The minimum absolute atomic E-state index is 0.272. The molecule has 2 aromatic carbocycles. The SMILES string of the molecule is CCc1c(-c2ccc(O)cc2)cncc1-c1ccc(OCCCN(CC)CC)cc1. The Balaban J connectivity index is 1.73. The van der Waals surface area contributed by atoms with Crippen molar-refractivity contribution in [3.8, 4) is 33.8 Å². The fourth-order valence-electron chi connectivity index (χ4n) is 3.76. The molecular weight excluding hydrogens is 372 g/mol. The Hall–Kier alpha value is -2.85. The summed E-state index contributed by atoms with van der Waals surface area (Å²) in [5.74, 6) is 1.17. The predicted molar refractivity (Wildman–Crippen MR) is 124 cm³/mol. The second-order valence-corrected chi connectivity index (χ2v) is 7.37. The van der Waals surface area contributed by atoms with Crippen molar-refractivity contribution in [3.63, 3.8) is 0 Å².